The molecule has 0 spiro atoms. The highest BCUT2D eigenvalue weighted by Crippen LogP contribution is 2.42. The third-order valence-electron chi connectivity index (χ3n) is 4.89. The normalized spacial score (nSPS) is 15.7. The summed E-state index contributed by atoms with van der Waals surface area (Å²) in [4.78, 5) is 12.6. The topological polar surface area (TPSA) is 91.2 Å². The molecule has 4 rings (SSSR count). The van der Waals surface area contributed by atoms with Gasteiger partial charge in [0, 0.05) is 17.9 Å². The fourth-order valence-corrected chi connectivity index (χ4v) is 3.78. The number of hydrogen-bond acceptors (Lipinski definition) is 6. The van der Waals surface area contributed by atoms with Crippen LogP contribution in [0.5, 0.6) is 11.5 Å². The Labute approximate surface area is 179 Å². The van der Waals surface area contributed by atoms with Gasteiger partial charge in [0.25, 0.3) is 0 Å². The van der Waals surface area contributed by atoms with Crippen LogP contribution < -0.4 is 14.8 Å². The van der Waals surface area contributed by atoms with Gasteiger partial charge in [0.05, 0.1) is 18.9 Å². The Bertz CT molecular complexity index is 1090. The van der Waals surface area contributed by atoms with Crippen molar-refractivity contribution >= 4 is 23.3 Å². The number of anilines is 1. The number of rotatable bonds is 5. The fraction of sp³-hybridized carbons (Fsp3) is 0.333. The molecular formula is C21H22ClN5O3. The van der Waals surface area contributed by atoms with Gasteiger partial charge in [-0.3, -0.25) is 4.79 Å². The number of nitrogens with one attached hydrogen (secondary N) is 1. The molecule has 0 saturated heterocycles. The summed E-state index contributed by atoms with van der Waals surface area (Å²) in [5.74, 6) is 2.08. The van der Waals surface area contributed by atoms with Crippen molar-refractivity contribution in [1.29, 1.82) is 0 Å². The van der Waals surface area contributed by atoms with Gasteiger partial charge >= 0.3 is 0 Å². The molecule has 0 aliphatic carbocycles. The van der Waals surface area contributed by atoms with Gasteiger partial charge in [0.2, 0.25) is 5.91 Å². The average molecular weight is 428 g/mol. The van der Waals surface area contributed by atoms with Crippen LogP contribution in [0, 0.1) is 6.92 Å². The smallest absolute Gasteiger partial charge is 0.226 e. The van der Waals surface area contributed by atoms with Crippen LogP contribution in [0.25, 0.3) is 5.82 Å². The summed E-state index contributed by atoms with van der Waals surface area (Å²) in [5.41, 5.74) is 2.69. The fourth-order valence-electron chi connectivity index (χ4n) is 3.68. The van der Waals surface area contributed by atoms with Crippen LogP contribution in [0.4, 0.5) is 5.82 Å². The zero-order valence-electron chi connectivity index (χ0n) is 17.1. The summed E-state index contributed by atoms with van der Waals surface area (Å²) in [5, 5.41) is 15.8. The van der Waals surface area contributed by atoms with Crippen LogP contribution in [0.3, 0.4) is 0 Å². The first-order chi connectivity index (χ1) is 14.4. The third kappa shape index (κ3) is 3.70. The standard InChI is InChI=1S/C21H22ClN5O3/c1-11(2)30-16-9-13(5-6-15(16)29-4)14-10-19(28)23-21-20(14)12(3)26-27(21)18-8-7-17(22)24-25-18/h5-9,11,14H,10H2,1-4H3,(H,23,28)/t14-/m0/s1. The van der Waals surface area contributed by atoms with Crippen molar-refractivity contribution in [1.82, 2.24) is 20.0 Å². The van der Waals surface area contributed by atoms with E-state index in [1.54, 1.807) is 23.9 Å². The van der Waals surface area contributed by atoms with Crippen molar-refractivity contribution in [3.05, 3.63) is 52.3 Å². The Morgan fingerprint density at radius 1 is 1.20 bits per heavy atom. The molecule has 0 unspecified atom stereocenters. The van der Waals surface area contributed by atoms with Gasteiger partial charge in [0.1, 0.15) is 5.82 Å². The minimum atomic E-state index is -0.178. The minimum absolute atomic E-state index is 0.00710. The monoisotopic (exact) mass is 427 g/mol. The molecule has 0 fully saturated rings. The lowest BCUT2D eigenvalue weighted by molar-refractivity contribution is -0.116. The number of halogens is 1. The minimum Gasteiger partial charge on any atom is -0.493 e. The first kappa shape index (κ1) is 20.2. The number of nitrogens with zero attached hydrogens (tertiary/aromatic N) is 4. The second kappa shape index (κ2) is 7.95. The largest absolute Gasteiger partial charge is 0.493 e. The highest BCUT2D eigenvalue weighted by molar-refractivity contribution is 6.29. The first-order valence-electron chi connectivity index (χ1n) is 9.61. The number of methoxy groups -OCH3 is 1. The molecule has 8 nitrogen and oxygen atoms in total. The van der Waals surface area contributed by atoms with Gasteiger partial charge < -0.3 is 14.8 Å². The summed E-state index contributed by atoms with van der Waals surface area (Å²) in [6.07, 6.45) is 0.298. The molecule has 1 aromatic carbocycles. The number of carbonyl (C=O) groups is 1. The van der Waals surface area contributed by atoms with Gasteiger partial charge in [-0.2, -0.15) is 9.78 Å². The van der Waals surface area contributed by atoms with E-state index in [0.29, 0.717) is 29.6 Å². The molecule has 1 N–H and O–H groups in total. The lowest BCUT2D eigenvalue weighted by Crippen LogP contribution is -2.25. The maximum absolute atomic E-state index is 12.6. The second-order valence-corrected chi connectivity index (χ2v) is 7.74. The lowest BCUT2D eigenvalue weighted by Gasteiger charge is -2.25. The lowest BCUT2D eigenvalue weighted by atomic mass is 9.85. The number of benzene rings is 1. The summed E-state index contributed by atoms with van der Waals surface area (Å²) < 4.78 is 12.9. The molecule has 2 aromatic heterocycles. The first-order valence-corrected chi connectivity index (χ1v) is 9.98. The Morgan fingerprint density at radius 2 is 2.00 bits per heavy atom. The van der Waals surface area contributed by atoms with Crippen LogP contribution in [0.1, 0.15) is 43.0 Å². The van der Waals surface area contributed by atoms with E-state index in [4.69, 9.17) is 21.1 Å². The van der Waals surface area contributed by atoms with Crippen LogP contribution in [-0.4, -0.2) is 39.1 Å². The van der Waals surface area contributed by atoms with Crippen molar-refractivity contribution < 1.29 is 14.3 Å². The molecule has 0 saturated carbocycles. The number of aryl methyl sites for hydroxylation is 1. The Hall–Kier alpha value is -3.13. The Kier molecular flexibility index (Phi) is 5.34. The zero-order valence-corrected chi connectivity index (χ0v) is 17.9. The summed E-state index contributed by atoms with van der Waals surface area (Å²) in [7, 11) is 1.61. The highest BCUT2D eigenvalue weighted by atomic mass is 35.5. The molecular weight excluding hydrogens is 406 g/mol. The van der Waals surface area contributed by atoms with Gasteiger partial charge in [-0.25, -0.2) is 0 Å². The van der Waals surface area contributed by atoms with Gasteiger partial charge in [-0.1, -0.05) is 17.7 Å². The summed E-state index contributed by atoms with van der Waals surface area (Å²) in [6, 6.07) is 9.10. The van der Waals surface area contributed by atoms with Crippen LogP contribution in [-0.2, 0) is 4.79 Å². The molecule has 3 aromatic rings. The van der Waals surface area contributed by atoms with E-state index in [9.17, 15) is 4.79 Å². The summed E-state index contributed by atoms with van der Waals surface area (Å²) >= 11 is 5.85. The summed E-state index contributed by atoms with van der Waals surface area (Å²) in [6.45, 7) is 5.83. The van der Waals surface area contributed by atoms with Crippen molar-refractivity contribution in [2.45, 2.75) is 39.2 Å². The van der Waals surface area contributed by atoms with Gasteiger partial charge in [0.15, 0.2) is 22.5 Å². The van der Waals surface area contributed by atoms with E-state index in [0.717, 1.165) is 16.8 Å². The Morgan fingerprint density at radius 3 is 2.67 bits per heavy atom. The molecule has 1 aliphatic heterocycles. The van der Waals surface area contributed by atoms with E-state index < -0.39 is 0 Å². The molecule has 0 bridgehead atoms. The van der Waals surface area contributed by atoms with Crippen molar-refractivity contribution in [3.8, 4) is 17.3 Å². The Balaban J connectivity index is 1.81. The molecule has 30 heavy (non-hydrogen) atoms. The quantitative estimate of drug-likeness (QED) is 0.664. The molecule has 0 radical (unpaired) electrons. The highest BCUT2D eigenvalue weighted by Gasteiger charge is 2.33. The van der Waals surface area contributed by atoms with Crippen molar-refractivity contribution in [3.63, 3.8) is 0 Å². The molecule has 1 atom stereocenters. The van der Waals surface area contributed by atoms with Crippen molar-refractivity contribution in [2.24, 2.45) is 0 Å². The van der Waals surface area contributed by atoms with E-state index in [-0.39, 0.29) is 23.1 Å². The maximum atomic E-state index is 12.6. The second-order valence-electron chi connectivity index (χ2n) is 7.36. The van der Waals surface area contributed by atoms with Gasteiger partial charge in [-0.15, -0.1) is 10.2 Å². The number of carbonyl (C=O) groups excluding carboxylic acids is 1. The third-order valence-corrected chi connectivity index (χ3v) is 5.09. The van der Waals surface area contributed by atoms with E-state index in [1.807, 2.05) is 39.0 Å². The number of amides is 1. The van der Waals surface area contributed by atoms with Crippen molar-refractivity contribution in [2.75, 3.05) is 12.4 Å². The molecule has 3 heterocycles. The van der Waals surface area contributed by atoms with Gasteiger partial charge in [-0.05, 0) is 50.6 Å². The van der Waals surface area contributed by atoms with Crippen LogP contribution in [0.2, 0.25) is 5.15 Å². The number of fused-ring (bicyclic) bond motifs is 1. The zero-order chi connectivity index (χ0) is 21.4. The maximum Gasteiger partial charge on any atom is 0.226 e. The predicted octanol–water partition coefficient (Wildman–Crippen LogP) is 3.89. The van der Waals surface area contributed by atoms with Crippen LogP contribution >= 0.6 is 11.6 Å². The number of aromatic nitrogens is 4. The molecule has 156 valence electrons. The van der Waals surface area contributed by atoms with E-state index in [1.165, 1.54) is 0 Å². The number of hydrogen-bond donors (Lipinski definition) is 1. The average Bonchev–Trinajstić information content (AvgIpc) is 3.03. The number of ether oxygens (including phenoxy) is 2. The molecule has 1 amide bonds. The SMILES string of the molecule is COc1ccc([C@@H]2CC(=O)Nc3c2c(C)nn3-c2ccc(Cl)nn2)cc1OC(C)C. The molecule has 9 heteroatoms. The molecule has 1 aliphatic rings. The van der Waals surface area contributed by atoms with E-state index >= 15 is 0 Å². The van der Waals surface area contributed by atoms with E-state index in [2.05, 4.69) is 20.6 Å². The van der Waals surface area contributed by atoms with Crippen LogP contribution in [0.15, 0.2) is 30.3 Å². The predicted molar refractivity (Wildman–Crippen MR) is 113 cm³/mol.